The Morgan fingerprint density at radius 1 is 1.06 bits per heavy atom. The van der Waals surface area contributed by atoms with Crippen LogP contribution in [0.2, 0.25) is 0 Å². The van der Waals surface area contributed by atoms with Gasteiger partial charge in [0.1, 0.15) is 5.82 Å². The van der Waals surface area contributed by atoms with Gasteiger partial charge >= 0.3 is 6.03 Å². The number of amides is 2. The van der Waals surface area contributed by atoms with Crippen molar-refractivity contribution in [3.63, 3.8) is 0 Å². The zero-order valence-corrected chi connectivity index (χ0v) is 18.1. The summed E-state index contributed by atoms with van der Waals surface area (Å²) in [6.07, 6.45) is 2.38. The van der Waals surface area contributed by atoms with E-state index in [0.717, 1.165) is 35.7 Å². The highest BCUT2D eigenvalue weighted by atomic mass is 32.2. The first-order valence-electron chi connectivity index (χ1n) is 10.7. The van der Waals surface area contributed by atoms with Gasteiger partial charge in [-0.15, -0.1) is 0 Å². The lowest BCUT2D eigenvalue weighted by Crippen LogP contribution is -2.32. The van der Waals surface area contributed by atoms with E-state index in [9.17, 15) is 4.79 Å². The van der Waals surface area contributed by atoms with Gasteiger partial charge in [0.05, 0.1) is 0 Å². The van der Waals surface area contributed by atoms with E-state index in [1.54, 1.807) is 0 Å². The van der Waals surface area contributed by atoms with Crippen LogP contribution in [0.5, 0.6) is 0 Å². The van der Waals surface area contributed by atoms with Gasteiger partial charge in [0.25, 0.3) is 0 Å². The molecule has 2 aliphatic rings. The van der Waals surface area contributed by atoms with Gasteiger partial charge < -0.3 is 15.5 Å². The predicted molar refractivity (Wildman–Crippen MR) is 126 cm³/mol. The van der Waals surface area contributed by atoms with Crippen molar-refractivity contribution in [1.29, 1.82) is 0 Å². The predicted octanol–water partition coefficient (Wildman–Crippen LogP) is 4.22. The number of carbonyl (C=O) groups is 1. The molecular formula is C23H26N6OS. The first kappa shape index (κ1) is 19.9. The number of carbonyl (C=O) groups excluding carboxylic acids is 1. The van der Waals surface area contributed by atoms with Crippen LogP contribution in [0.3, 0.4) is 0 Å². The highest BCUT2D eigenvalue weighted by Crippen LogP contribution is 2.38. The van der Waals surface area contributed by atoms with Crippen molar-refractivity contribution >= 4 is 29.2 Å². The number of aromatic nitrogens is 3. The van der Waals surface area contributed by atoms with E-state index < -0.39 is 0 Å². The minimum Gasteiger partial charge on any atom is -0.370 e. The number of nitrogens with zero attached hydrogens (tertiary/aromatic N) is 3. The second-order valence-corrected chi connectivity index (χ2v) is 9.19. The third kappa shape index (κ3) is 5.02. The number of nitrogens with one attached hydrogen (secondary N) is 3. The Bertz CT molecular complexity index is 1020. The number of hydrogen-bond acceptors (Lipinski definition) is 5. The van der Waals surface area contributed by atoms with Crippen LogP contribution in [-0.2, 0) is 6.54 Å². The fourth-order valence-electron chi connectivity index (χ4n) is 3.65. The van der Waals surface area contributed by atoms with Gasteiger partial charge in [0.2, 0.25) is 0 Å². The summed E-state index contributed by atoms with van der Waals surface area (Å²) in [5.74, 6) is 4.59. The largest absolute Gasteiger partial charge is 0.370 e. The molecule has 1 aliphatic heterocycles. The maximum Gasteiger partial charge on any atom is 0.319 e. The van der Waals surface area contributed by atoms with Crippen LogP contribution in [0.25, 0.3) is 11.4 Å². The van der Waals surface area contributed by atoms with Crippen LogP contribution in [-0.4, -0.2) is 45.8 Å². The molecule has 0 radical (unpaired) electrons. The normalized spacial score (nSPS) is 16.2. The zero-order valence-electron chi connectivity index (χ0n) is 17.3. The summed E-state index contributed by atoms with van der Waals surface area (Å²) >= 11 is 2.01. The lowest BCUT2D eigenvalue weighted by molar-refractivity contribution is 0.251. The second kappa shape index (κ2) is 9.01. The summed E-state index contributed by atoms with van der Waals surface area (Å²) < 4.78 is 0. The smallest absolute Gasteiger partial charge is 0.319 e. The van der Waals surface area contributed by atoms with Gasteiger partial charge in [0.15, 0.2) is 5.82 Å². The standard InChI is InChI=1S/C23H26N6OS/c30-23(24-15-16-1-9-20(10-2-16)29-11-13-31-14-12-29)25-19-7-5-18(6-8-19)22-26-21(27-28-22)17-3-4-17/h1-2,5-10,17H,3-4,11-15H2,(H2,24,25,30)(H,26,27,28). The number of hydrogen-bond donors (Lipinski definition) is 3. The molecular weight excluding hydrogens is 408 g/mol. The van der Waals surface area contributed by atoms with Gasteiger partial charge in [-0.1, -0.05) is 12.1 Å². The number of urea groups is 1. The van der Waals surface area contributed by atoms with Crippen LogP contribution < -0.4 is 15.5 Å². The van der Waals surface area contributed by atoms with Crippen molar-refractivity contribution in [3.8, 4) is 11.4 Å². The molecule has 1 aromatic heterocycles. The Morgan fingerprint density at radius 3 is 2.52 bits per heavy atom. The molecule has 160 valence electrons. The molecule has 1 aliphatic carbocycles. The zero-order chi connectivity index (χ0) is 21.0. The Morgan fingerprint density at radius 2 is 1.81 bits per heavy atom. The van der Waals surface area contributed by atoms with Crippen molar-refractivity contribution in [2.75, 3.05) is 34.8 Å². The monoisotopic (exact) mass is 434 g/mol. The molecule has 0 atom stereocenters. The van der Waals surface area contributed by atoms with E-state index in [1.807, 2.05) is 36.0 Å². The third-order valence-corrected chi connectivity index (χ3v) is 6.58. The molecule has 1 saturated heterocycles. The molecule has 3 aromatic rings. The van der Waals surface area contributed by atoms with Crippen LogP contribution in [0.1, 0.15) is 30.1 Å². The number of anilines is 2. The van der Waals surface area contributed by atoms with Crippen molar-refractivity contribution in [1.82, 2.24) is 20.5 Å². The summed E-state index contributed by atoms with van der Waals surface area (Å²) in [6, 6.07) is 15.8. The Labute approximate surface area is 186 Å². The van der Waals surface area contributed by atoms with Crippen molar-refractivity contribution in [2.45, 2.75) is 25.3 Å². The highest BCUT2D eigenvalue weighted by molar-refractivity contribution is 7.99. The van der Waals surface area contributed by atoms with Gasteiger partial charge in [-0.05, 0) is 54.8 Å². The Balaban J connectivity index is 1.11. The van der Waals surface area contributed by atoms with Crippen LogP contribution >= 0.6 is 11.8 Å². The van der Waals surface area contributed by atoms with Gasteiger partial charge in [-0.25, -0.2) is 9.78 Å². The van der Waals surface area contributed by atoms with E-state index in [1.165, 1.54) is 30.0 Å². The van der Waals surface area contributed by atoms with E-state index in [2.05, 4.69) is 55.0 Å². The molecule has 2 aromatic carbocycles. The molecule has 0 unspecified atom stereocenters. The van der Waals surface area contributed by atoms with E-state index in [-0.39, 0.29) is 6.03 Å². The molecule has 0 spiro atoms. The topological polar surface area (TPSA) is 85.9 Å². The Kier molecular flexibility index (Phi) is 5.80. The molecule has 2 amide bonds. The average Bonchev–Trinajstić information content (AvgIpc) is 3.56. The van der Waals surface area contributed by atoms with Crippen LogP contribution in [0, 0.1) is 0 Å². The number of aromatic amines is 1. The molecule has 2 heterocycles. The first-order chi connectivity index (χ1) is 15.2. The second-order valence-electron chi connectivity index (χ2n) is 7.97. The van der Waals surface area contributed by atoms with Gasteiger partial charge in [-0.3, -0.25) is 5.10 Å². The fraction of sp³-hybridized carbons (Fsp3) is 0.348. The lowest BCUT2D eigenvalue weighted by Gasteiger charge is -2.28. The van der Waals surface area contributed by atoms with Gasteiger partial charge in [0, 0.05) is 54.0 Å². The Hall–Kier alpha value is -3.00. The van der Waals surface area contributed by atoms with Crippen molar-refractivity contribution < 1.29 is 4.79 Å². The third-order valence-electron chi connectivity index (χ3n) is 5.63. The van der Waals surface area contributed by atoms with E-state index in [4.69, 9.17) is 0 Å². The molecule has 5 rings (SSSR count). The molecule has 7 nitrogen and oxygen atoms in total. The van der Waals surface area contributed by atoms with E-state index in [0.29, 0.717) is 18.3 Å². The summed E-state index contributed by atoms with van der Waals surface area (Å²) in [6.45, 7) is 2.68. The fourth-order valence-corrected chi connectivity index (χ4v) is 4.55. The molecule has 0 bridgehead atoms. The minimum atomic E-state index is -0.223. The number of rotatable bonds is 6. The summed E-state index contributed by atoms with van der Waals surface area (Å²) in [4.78, 5) is 19.3. The average molecular weight is 435 g/mol. The molecule has 1 saturated carbocycles. The van der Waals surface area contributed by atoms with Crippen LogP contribution in [0.4, 0.5) is 16.2 Å². The lowest BCUT2D eigenvalue weighted by atomic mass is 10.2. The number of thioether (sulfide) groups is 1. The summed E-state index contributed by atoms with van der Waals surface area (Å²) in [5.41, 5.74) is 4.00. The maximum absolute atomic E-state index is 12.3. The van der Waals surface area contributed by atoms with Crippen molar-refractivity contribution in [2.24, 2.45) is 0 Å². The minimum absolute atomic E-state index is 0.223. The number of H-pyrrole nitrogens is 1. The quantitative estimate of drug-likeness (QED) is 0.541. The maximum atomic E-state index is 12.3. The SMILES string of the molecule is O=C(NCc1ccc(N2CCSCC2)cc1)Nc1ccc(-c2n[nH]c(C3CC3)n2)cc1. The molecule has 3 N–H and O–H groups in total. The van der Waals surface area contributed by atoms with Crippen LogP contribution in [0.15, 0.2) is 48.5 Å². The molecule has 2 fully saturated rings. The summed E-state index contributed by atoms with van der Waals surface area (Å²) in [7, 11) is 0. The van der Waals surface area contributed by atoms with Crippen molar-refractivity contribution in [3.05, 3.63) is 59.9 Å². The number of benzene rings is 2. The van der Waals surface area contributed by atoms with E-state index >= 15 is 0 Å². The molecule has 8 heteroatoms. The first-order valence-corrected chi connectivity index (χ1v) is 11.9. The highest BCUT2D eigenvalue weighted by Gasteiger charge is 2.27. The summed E-state index contributed by atoms with van der Waals surface area (Å²) in [5, 5.41) is 13.1. The van der Waals surface area contributed by atoms with Gasteiger partial charge in [-0.2, -0.15) is 16.9 Å². The molecule has 31 heavy (non-hydrogen) atoms.